The zero-order valence-corrected chi connectivity index (χ0v) is 24.0. The number of nitrogens with zero attached hydrogens (tertiary/aromatic N) is 3. The van der Waals surface area contributed by atoms with Gasteiger partial charge in [0.25, 0.3) is 0 Å². The third kappa shape index (κ3) is 8.20. The van der Waals surface area contributed by atoms with Crippen molar-refractivity contribution in [1.29, 1.82) is 0 Å². The molecule has 1 N–H and O–H groups in total. The second kappa shape index (κ2) is 14.9. The highest BCUT2D eigenvalue weighted by Gasteiger charge is 2.28. The zero-order chi connectivity index (χ0) is 27.5. The lowest BCUT2D eigenvalue weighted by Crippen LogP contribution is -2.33. The number of ether oxygens (including phenoxy) is 1. The Bertz CT molecular complexity index is 1210. The number of carbonyl (C=O) groups excluding carboxylic acids is 1. The number of halogens is 1. The number of benzene rings is 2. The minimum absolute atomic E-state index is 0.0850. The summed E-state index contributed by atoms with van der Waals surface area (Å²) in [5.74, 6) is 0.874. The second-order valence-electron chi connectivity index (χ2n) is 10.4. The van der Waals surface area contributed by atoms with Gasteiger partial charge in [-0.2, -0.15) is 0 Å². The SMILES string of the molecule is CC1=C(c2cc(Cl)ccc2C)CCN(C=O)C1c1ccc(OCCCCCCNCCCn2ccnc2)cc1. The molecule has 1 unspecified atom stereocenters. The van der Waals surface area contributed by atoms with E-state index in [1.165, 1.54) is 41.5 Å². The van der Waals surface area contributed by atoms with Crippen molar-refractivity contribution in [3.8, 4) is 5.75 Å². The van der Waals surface area contributed by atoms with Crippen molar-refractivity contribution in [3.05, 3.63) is 88.5 Å². The van der Waals surface area contributed by atoms with Gasteiger partial charge in [0.2, 0.25) is 6.41 Å². The highest BCUT2D eigenvalue weighted by Crippen LogP contribution is 2.40. The fraction of sp³-hybridized carbons (Fsp3) is 0.438. The van der Waals surface area contributed by atoms with E-state index < -0.39 is 0 Å². The molecule has 1 amide bonds. The summed E-state index contributed by atoms with van der Waals surface area (Å²) >= 11 is 6.32. The summed E-state index contributed by atoms with van der Waals surface area (Å²) in [5, 5.41) is 4.26. The van der Waals surface area contributed by atoms with Gasteiger partial charge in [-0.25, -0.2) is 4.98 Å². The maximum atomic E-state index is 11.9. The van der Waals surface area contributed by atoms with Gasteiger partial charge in [-0.15, -0.1) is 0 Å². The fourth-order valence-electron chi connectivity index (χ4n) is 5.38. The van der Waals surface area contributed by atoms with Gasteiger partial charge in [0.1, 0.15) is 5.75 Å². The van der Waals surface area contributed by atoms with Gasteiger partial charge in [-0.3, -0.25) is 4.79 Å². The summed E-state index contributed by atoms with van der Waals surface area (Å²) in [6, 6.07) is 14.2. The van der Waals surface area contributed by atoms with Crippen LogP contribution >= 0.6 is 11.6 Å². The van der Waals surface area contributed by atoms with Crippen molar-refractivity contribution in [2.24, 2.45) is 0 Å². The summed E-state index contributed by atoms with van der Waals surface area (Å²) in [6.45, 7) is 8.78. The number of imidazole rings is 1. The van der Waals surface area contributed by atoms with Gasteiger partial charge in [0.15, 0.2) is 0 Å². The van der Waals surface area contributed by atoms with Gasteiger partial charge >= 0.3 is 0 Å². The lowest BCUT2D eigenvalue weighted by atomic mass is 9.85. The Kier molecular flexibility index (Phi) is 11.0. The molecule has 4 rings (SSSR count). The number of rotatable bonds is 15. The Morgan fingerprint density at radius 2 is 1.85 bits per heavy atom. The molecular weight excluding hydrogens is 508 g/mol. The van der Waals surface area contributed by atoms with Crippen LogP contribution in [-0.4, -0.2) is 47.1 Å². The summed E-state index contributed by atoms with van der Waals surface area (Å²) in [4.78, 5) is 17.9. The van der Waals surface area contributed by atoms with E-state index in [0.29, 0.717) is 6.54 Å². The molecule has 0 saturated heterocycles. The highest BCUT2D eigenvalue weighted by molar-refractivity contribution is 6.30. The van der Waals surface area contributed by atoms with Crippen molar-refractivity contribution in [2.75, 3.05) is 26.2 Å². The number of carbonyl (C=O) groups is 1. The molecule has 0 radical (unpaired) electrons. The van der Waals surface area contributed by atoms with Gasteiger partial charge < -0.3 is 19.5 Å². The Hall–Kier alpha value is -3.09. The third-order valence-corrected chi connectivity index (χ3v) is 7.77. The number of hydrogen-bond acceptors (Lipinski definition) is 4. The molecule has 7 heteroatoms. The molecule has 0 bridgehead atoms. The molecule has 0 aliphatic carbocycles. The summed E-state index contributed by atoms with van der Waals surface area (Å²) in [6.07, 6.45) is 13.2. The molecule has 1 aliphatic rings. The second-order valence-corrected chi connectivity index (χ2v) is 10.8. The Balaban J connectivity index is 1.20. The van der Waals surface area contributed by atoms with Crippen LogP contribution in [0.15, 0.2) is 66.8 Å². The minimum atomic E-state index is -0.0850. The van der Waals surface area contributed by atoms with Crippen LogP contribution in [0.1, 0.15) is 68.2 Å². The van der Waals surface area contributed by atoms with Crippen LogP contribution in [0, 0.1) is 6.92 Å². The molecule has 0 saturated carbocycles. The van der Waals surface area contributed by atoms with E-state index in [1.54, 1.807) is 0 Å². The molecule has 1 atom stereocenters. The lowest BCUT2D eigenvalue weighted by molar-refractivity contribution is -0.119. The predicted octanol–water partition coefficient (Wildman–Crippen LogP) is 6.84. The maximum absolute atomic E-state index is 11.9. The third-order valence-electron chi connectivity index (χ3n) is 7.54. The highest BCUT2D eigenvalue weighted by atomic mass is 35.5. The van der Waals surface area contributed by atoms with Crippen LogP contribution < -0.4 is 10.1 Å². The van der Waals surface area contributed by atoms with Gasteiger partial charge in [-0.1, -0.05) is 42.6 Å². The topological polar surface area (TPSA) is 59.4 Å². The molecule has 3 aromatic rings. The number of amides is 1. The Labute approximate surface area is 238 Å². The molecule has 0 fully saturated rings. The van der Waals surface area contributed by atoms with Crippen LogP contribution in [0.4, 0.5) is 0 Å². The zero-order valence-electron chi connectivity index (χ0n) is 23.2. The molecule has 2 aromatic carbocycles. The average molecular weight is 549 g/mol. The van der Waals surface area contributed by atoms with Crippen molar-refractivity contribution in [2.45, 2.75) is 65.0 Å². The molecular formula is C32H41ClN4O2. The molecule has 1 aliphatic heterocycles. The van der Waals surface area contributed by atoms with Crippen LogP contribution in [0.3, 0.4) is 0 Å². The van der Waals surface area contributed by atoms with E-state index in [4.69, 9.17) is 16.3 Å². The van der Waals surface area contributed by atoms with Crippen LogP contribution in [0.25, 0.3) is 5.57 Å². The molecule has 6 nitrogen and oxygen atoms in total. The maximum Gasteiger partial charge on any atom is 0.210 e. The van der Waals surface area contributed by atoms with E-state index >= 15 is 0 Å². The summed E-state index contributed by atoms with van der Waals surface area (Å²) in [7, 11) is 0. The van der Waals surface area contributed by atoms with Crippen molar-refractivity contribution in [3.63, 3.8) is 0 Å². The van der Waals surface area contributed by atoms with Gasteiger partial charge in [0.05, 0.1) is 19.0 Å². The smallest absolute Gasteiger partial charge is 0.210 e. The van der Waals surface area contributed by atoms with Crippen LogP contribution in [0.5, 0.6) is 5.75 Å². The Morgan fingerprint density at radius 1 is 1.05 bits per heavy atom. The van der Waals surface area contributed by atoms with E-state index in [0.717, 1.165) is 68.2 Å². The largest absolute Gasteiger partial charge is 0.494 e. The van der Waals surface area contributed by atoms with Crippen molar-refractivity contribution in [1.82, 2.24) is 19.8 Å². The van der Waals surface area contributed by atoms with E-state index in [9.17, 15) is 4.79 Å². The number of aromatic nitrogens is 2. The average Bonchev–Trinajstić information content (AvgIpc) is 3.47. The van der Waals surface area contributed by atoms with Crippen molar-refractivity contribution >= 4 is 23.6 Å². The summed E-state index contributed by atoms with van der Waals surface area (Å²) in [5.41, 5.74) is 5.95. The quantitative estimate of drug-likeness (QED) is 0.167. The molecule has 2 heterocycles. The first kappa shape index (κ1) is 28.9. The Morgan fingerprint density at radius 3 is 2.62 bits per heavy atom. The summed E-state index contributed by atoms with van der Waals surface area (Å²) < 4.78 is 8.12. The number of aryl methyl sites for hydroxylation is 2. The van der Waals surface area contributed by atoms with Crippen LogP contribution in [0.2, 0.25) is 5.02 Å². The lowest BCUT2D eigenvalue weighted by Gasteiger charge is -2.36. The monoisotopic (exact) mass is 548 g/mol. The first-order valence-corrected chi connectivity index (χ1v) is 14.5. The van der Waals surface area contributed by atoms with Gasteiger partial charge in [0, 0.05) is 30.5 Å². The normalized spacial score (nSPS) is 15.6. The van der Waals surface area contributed by atoms with Crippen LogP contribution in [-0.2, 0) is 11.3 Å². The number of hydrogen-bond donors (Lipinski definition) is 1. The molecule has 39 heavy (non-hydrogen) atoms. The predicted molar refractivity (Wildman–Crippen MR) is 159 cm³/mol. The van der Waals surface area contributed by atoms with E-state index in [1.807, 2.05) is 47.9 Å². The van der Waals surface area contributed by atoms with Gasteiger partial charge in [-0.05, 0) is 105 Å². The molecule has 1 aromatic heterocycles. The fourth-order valence-corrected chi connectivity index (χ4v) is 5.55. The molecule has 208 valence electrons. The first-order chi connectivity index (χ1) is 19.1. The van der Waals surface area contributed by atoms with E-state index in [2.05, 4.69) is 46.9 Å². The molecule has 0 spiro atoms. The standard InChI is InChI=1S/C32H41ClN4O2/c1-25-8-11-28(33)22-31(25)30-14-19-37(24-38)32(26(30)2)27-9-12-29(13-10-27)39-21-6-4-3-5-15-34-16-7-18-36-20-17-35-23-36/h8-13,17,20,22-24,32,34H,3-7,14-16,18-19,21H2,1-2H3. The minimum Gasteiger partial charge on any atom is -0.494 e. The number of nitrogens with one attached hydrogen (secondary N) is 1. The van der Waals surface area contributed by atoms with Crippen molar-refractivity contribution < 1.29 is 9.53 Å². The number of unbranched alkanes of at least 4 members (excludes halogenated alkanes) is 3. The first-order valence-electron chi connectivity index (χ1n) is 14.1. The van der Waals surface area contributed by atoms with E-state index in [-0.39, 0.29) is 6.04 Å².